The van der Waals surface area contributed by atoms with Gasteiger partial charge in [0, 0.05) is 26.6 Å². The zero-order valence-corrected chi connectivity index (χ0v) is 17.1. The van der Waals surface area contributed by atoms with E-state index >= 15 is 0 Å². The second-order valence-corrected chi connectivity index (χ2v) is 7.26. The smallest absolute Gasteiger partial charge is 0.231 e. The molecule has 1 aromatic rings. The van der Waals surface area contributed by atoms with Crippen LogP contribution in [0.5, 0.6) is 11.5 Å². The Morgan fingerprint density at radius 2 is 2.04 bits per heavy atom. The summed E-state index contributed by atoms with van der Waals surface area (Å²) < 4.78 is 16.0. The van der Waals surface area contributed by atoms with Crippen LogP contribution in [0.4, 0.5) is 0 Å². The molecule has 1 fully saturated rings. The summed E-state index contributed by atoms with van der Waals surface area (Å²) in [5.74, 6) is 2.76. The zero-order chi connectivity index (χ0) is 18.4. The van der Waals surface area contributed by atoms with E-state index in [1.807, 2.05) is 23.1 Å². The Kier molecular flexibility index (Phi) is 8.67. The Balaban J connectivity index is 0.00000261. The number of benzene rings is 1. The van der Waals surface area contributed by atoms with Gasteiger partial charge in [0.2, 0.25) is 12.7 Å². The fourth-order valence-corrected chi connectivity index (χ4v) is 3.74. The van der Waals surface area contributed by atoms with E-state index in [9.17, 15) is 4.79 Å². The summed E-state index contributed by atoms with van der Waals surface area (Å²) in [6.07, 6.45) is 2.92. The van der Waals surface area contributed by atoms with Crippen molar-refractivity contribution in [2.75, 3.05) is 40.1 Å². The van der Waals surface area contributed by atoms with Crippen molar-refractivity contribution in [1.82, 2.24) is 10.2 Å². The van der Waals surface area contributed by atoms with E-state index in [4.69, 9.17) is 14.2 Å². The maximum atomic E-state index is 12.9. The molecule has 1 saturated heterocycles. The zero-order valence-electron chi connectivity index (χ0n) is 16.2. The van der Waals surface area contributed by atoms with E-state index < -0.39 is 0 Å². The first-order valence-electron chi connectivity index (χ1n) is 9.53. The van der Waals surface area contributed by atoms with Crippen molar-refractivity contribution < 1.29 is 19.0 Å². The third-order valence-electron chi connectivity index (χ3n) is 5.41. The van der Waals surface area contributed by atoms with Crippen molar-refractivity contribution in [2.45, 2.75) is 32.7 Å². The minimum absolute atomic E-state index is 0. The number of carbonyl (C=O) groups excluding carboxylic acids is 1. The van der Waals surface area contributed by atoms with Crippen molar-refractivity contribution in [3.63, 3.8) is 0 Å². The van der Waals surface area contributed by atoms with Crippen molar-refractivity contribution >= 4 is 18.3 Å². The third-order valence-corrected chi connectivity index (χ3v) is 5.41. The summed E-state index contributed by atoms with van der Waals surface area (Å²) in [4.78, 5) is 14.8. The standard InChI is InChI=1S/C20H30N2O4.ClH/c1-15(17-5-7-21-8-6-17)11-20(23)22(9-10-24-2)13-16-3-4-18-19(12-16)26-14-25-18;/h3-4,12,15,17,21H,5-11,13-14H2,1-2H3;1H. The number of hydrogen-bond donors (Lipinski definition) is 1. The molecule has 1 unspecified atom stereocenters. The lowest BCUT2D eigenvalue weighted by atomic mass is 9.84. The van der Waals surface area contributed by atoms with Crippen LogP contribution < -0.4 is 14.8 Å². The van der Waals surface area contributed by atoms with E-state index in [1.54, 1.807) is 7.11 Å². The Morgan fingerprint density at radius 1 is 1.30 bits per heavy atom. The van der Waals surface area contributed by atoms with Gasteiger partial charge >= 0.3 is 0 Å². The van der Waals surface area contributed by atoms with E-state index in [0.29, 0.717) is 38.0 Å². The quantitative estimate of drug-likeness (QED) is 0.729. The van der Waals surface area contributed by atoms with Crippen LogP contribution in [0, 0.1) is 11.8 Å². The van der Waals surface area contributed by atoms with Gasteiger partial charge in [-0.15, -0.1) is 12.4 Å². The lowest BCUT2D eigenvalue weighted by molar-refractivity contribution is -0.133. The molecule has 2 aliphatic rings. The first-order valence-corrected chi connectivity index (χ1v) is 9.53. The molecule has 0 saturated carbocycles. The lowest BCUT2D eigenvalue weighted by Crippen LogP contribution is -2.37. The normalized spacial score (nSPS) is 17.3. The van der Waals surface area contributed by atoms with E-state index in [1.165, 1.54) is 0 Å². The number of halogens is 1. The molecule has 3 rings (SSSR count). The third kappa shape index (κ3) is 5.99. The lowest BCUT2D eigenvalue weighted by Gasteiger charge is -2.30. The Bertz CT molecular complexity index is 608. The van der Waals surface area contributed by atoms with Crippen LogP contribution in [0.3, 0.4) is 0 Å². The van der Waals surface area contributed by atoms with E-state index in [2.05, 4.69) is 12.2 Å². The summed E-state index contributed by atoms with van der Waals surface area (Å²) in [5, 5.41) is 3.39. The number of carbonyl (C=O) groups is 1. The molecule has 1 amide bonds. The van der Waals surface area contributed by atoms with Crippen LogP contribution in [0.1, 0.15) is 31.7 Å². The SMILES string of the molecule is COCCN(Cc1ccc2c(c1)OCO2)C(=O)CC(C)C1CCNCC1.Cl. The molecule has 0 radical (unpaired) electrons. The highest BCUT2D eigenvalue weighted by atomic mass is 35.5. The highest BCUT2D eigenvalue weighted by Crippen LogP contribution is 2.33. The van der Waals surface area contributed by atoms with Gasteiger partial charge in [-0.2, -0.15) is 0 Å². The molecule has 2 aliphatic heterocycles. The molecule has 0 aliphatic carbocycles. The van der Waals surface area contributed by atoms with Gasteiger partial charge in [-0.25, -0.2) is 0 Å². The van der Waals surface area contributed by atoms with Crippen LogP contribution in [0.15, 0.2) is 18.2 Å². The van der Waals surface area contributed by atoms with Crippen LogP contribution >= 0.6 is 12.4 Å². The molecule has 0 spiro atoms. The van der Waals surface area contributed by atoms with E-state index in [-0.39, 0.29) is 25.1 Å². The topological polar surface area (TPSA) is 60.0 Å². The Morgan fingerprint density at radius 3 is 2.78 bits per heavy atom. The number of fused-ring (bicyclic) bond motifs is 1. The Labute approximate surface area is 167 Å². The van der Waals surface area contributed by atoms with Crippen molar-refractivity contribution in [3.8, 4) is 11.5 Å². The van der Waals surface area contributed by atoms with Gasteiger partial charge in [-0.05, 0) is 55.5 Å². The molecular formula is C20H31ClN2O4. The maximum Gasteiger partial charge on any atom is 0.231 e. The summed E-state index contributed by atoms with van der Waals surface area (Å²) >= 11 is 0. The molecular weight excluding hydrogens is 368 g/mol. The highest BCUT2D eigenvalue weighted by Gasteiger charge is 2.25. The summed E-state index contributed by atoms with van der Waals surface area (Å²) in [5.41, 5.74) is 1.05. The number of hydrogen-bond acceptors (Lipinski definition) is 5. The van der Waals surface area contributed by atoms with Gasteiger partial charge in [0.05, 0.1) is 6.61 Å². The molecule has 1 N–H and O–H groups in total. The van der Waals surface area contributed by atoms with Crippen molar-refractivity contribution in [3.05, 3.63) is 23.8 Å². The first-order chi connectivity index (χ1) is 12.7. The minimum Gasteiger partial charge on any atom is -0.454 e. The number of nitrogens with zero attached hydrogens (tertiary/aromatic N) is 1. The van der Waals surface area contributed by atoms with Crippen LogP contribution in [-0.2, 0) is 16.1 Å². The number of methoxy groups -OCH3 is 1. The second kappa shape index (κ2) is 10.7. The van der Waals surface area contributed by atoms with Crippen LogP contribution in [-0.4, -0.2) is 51.0 Å². The molecule has 7 heteroatoms. The Hall–Kier alpha value is -1.50. The van der Waals surface area contributed by atoms with Gasteiger partial charge in [0.25, 0.3) is 0 Å². The second-order valence-electron chi connectivity index (χ2n) is 7.26. The van der Waals surface area contributed by atoms with Gasteiger partial charge in [0.1, 0.15) is 0 Å². The van der Waals surface area contributed by atoms with Gasteiger partial charge < -0.3 is 24.4 Å². The summed E-state index contributed by atoms with van der Waals surface area (Å²) in [6.45, 7) is 6.31. The fraction of sp³-hybridized carbons (Fsp3) is 0.650. The number of amides is 1. The van der Waals surface area contributed by atoms with Crippen molar-refractivity contribution in [2.24, 2.45) is 11.8 Å². The minimum atomic E-state index is 0. The predicted molar refractivity (Wildman–Crippen MR) is 106 cm³/mol. The van der Waals surface area contributed by atoms with Gasteiger partial charge in [0.15, 0.2) is 11.5 Å². The molecule has 2 heterocycles. The number of piperidine rings is 1. The largest absolute Gasteiger partial charge is 0.454 e. The summed E-state index contributed by atoms with van der Waals surface area (Å²) in [7, 11) is 1.67. The molecule has 1 aromatic carbocycles. The molecule has 152 valence electrons. The fourth-order valence-electron chi connectivity index (χ4n) is 3.74. The number of nitrogens with one attached hydrogen (secondary N) is 1. The van der Waals surface area contributed by atoms with Gasteiger partial charge in [-0.1, -0.05) is 13.0 Å². The van der Waals surface area contributed by atoms with Gasteiger partial charge in [-0.3, -0.25) is 4.79 Å². The summed E-state index contributed by atoms with van der Waals surface area (Å²) in [6, 6.07) is 5.87. The molecule has 0 bridgehead atoms. The molecule has 6 nitrogen and oxygen atoms in total. The van der Waals surface area contributed by atoms with E-state index in [0.717, 1.165) is 43.0 Å². The molecule has 27 heavy (non-hydrogen) atoms. The van der Waals surface area contributed by atoms with Crippen LogP contribution in [0.25, 0.3) is 0 Å². The highest BCUT2D eigenvalue weighted by molar-refractivity contribution is 5.85. The average molecular weight is 399 g/mol. The maximum absolute atomic E-state index is 12.9. The average Bonchev–Trinajstić information content (AvgIpc) is 3.13. The first kappa shape index (κ1) is 21.8. The molecule has 0 aromatic heterocycles. The molecule has 1 atom stereocenters. The number of ether oxygens (including phenoxy) is 3. The van der Waals surface area contributed by atoms with Crippen molar-refractivity contribution in [1.29, 1.82) is 0 Å². The van der Waals surface area contributed by atoms with Crippen LogP contribution in [0.2, 0.25) is 0 Å². The predicted octanol–water partition coefficient (Wildman–Crippen LogP) is 2.84. The monoisotopic (exact) mass is 398 g/mol. The number of rotatable bonds is 8.